The van der Waals surface area contributed by atoms with Gasteiger partial charge in [0.2, 0.25) is 5.91 Å². The topological polar surface area (TPSA) is 78.9 Å². The van der Waals surface area contributed by atoms with Crippen LogP contribution in [0.2, 0.25) is 0 Å². The van der Waals surface area contributed by atoms with E-state index in [2.05, 4.69) is 12.1 Å². The summed E-state index contributed by atoms with van der Waals surface area (Å²) in [7, 11) is 0. The maximum absolute atomic E-state index is 12.5. The van der Waals surface area contributed by atoms with Gasteiger partial charge in [-0.2, -0.15) is 0 Å². The predicted molar refractivity (Wildman–Crippen MR) is 69.3 cm³/mol. The van der Waals surface area contributed by atoms with Gasteiger partial charge in [-0.05, 0) is 31.6 Å². The fraction of sp³-hybridized carbons (Fsp3) is 0.846. The minimum atomic E-state index is 0.192. The summed E-state index contributed by atoms with van der Waals surface area (Å²) < 4.78 is 0. The first kappa shape index (κ1) is 13.2. The van der Waals surface area contributed by atoms with Crippen LogP contribution in [0.4, 0.5) is 0 Å². The van der Waals surface area contributed by atoms with Crippen LogP contribution in [0.15, 0.2) is 5.16 Å². The molecule has 2 atom stereocenters. The van der Waals surface area contributed by atoms with E-state index in [1.807, 2.05) is 4.90 Å². The summed E-state index contributed by atoms with van der Waals surface area (Å²) in [6, 6.07) is 0.400. The maximum atomic E-state index is 12.5. The van der Waals surface area contributed by atoms with Crippen molar-refractivity contribution in [2.45, 2.75) is 51.5 Å². The van der Waals surface area contributed by atoms with Crippen LogP contribution in [-0.4, -0.2) is 34.4 Å². The van der Waals surface area contributed by atoms with Gasteiger partial charge in [0.1, 0.15) is 5.84 Å². The van der Waals surface area contributed by atoms with Gasteiger partial charge in [0.25, 0.3) is 0 Å². The van der Waals surface area contributed by atoms with Crippen molar-refractivity contribution in [1.29, 1.82) is 0 Å². The fourth-order valence-corrected chi connectivity index (χ4v) is 2.87. The Labute approximate surface area is 108 Å². The van der Waals surface area contributed by atoms with Gasteiger partial charge in [0.05, 0.1) is 0 Å². The highest BCUT2D eigenvalue weighted by Gasteiger charge is 2.38. The van der Waals surface area contributed by atoms with Crippen molar-refractivity contribution in [2.24, 2.45) is 22.7 Å². The number of oxime groups is 1. The number of hydrogen-bond donors (Lipinski definition) is 2. The van der Waals surface area contributed by atoms with Crippen molar-refractivity contribution < 1.29 is 10.0 Å². The molecule has 2 fully saturated rings. The van der Waals surface area contributed by atoms with Gasteiger partial charge >= 0.3 is 0 Å². The smallest absolute Gasteiger partial charge is 0.226 e. The highest BCUT2D eigenvalue weighted by atomic mass is 16.4. The molecule has 0 aromatic heterocycles. The summed E-state index contributed by atoms with van der Waals surface area (Å²) in [6.45, 7) is 2.76. The van der Waals surface area contributed by atoms with Crippen LogP contribution < -0.4 is 5.73 Å². The first-order valence-corrected chi connectivity index (χ1v) is 6.90. The van der Waals surface area contributed by atoms with Crippen molar-refractivity contribution in [2.75, 3.05) is 6.54 Å². The molecule has 18 heavy (non-hydrogen) atoms. The van der Waals surface area contributed by atoms with Crippen LogP contribution in [0.1, 0.15) is 45.4 Å². The van der Waals surface area contributed by atoms with E-state index >= 15 is 0 Å². The molecule has 0 aliphatic heterocycles. The lowest BCUT2D eigenvalue weighted by atomic mass is 9.96. The monoisotopic (exact) mass is 253 g/mol. The number of amides is 1. The lowest BCUT2D eigenvalue weighted by Gasteiger charge is -2.27. The number of nitrogens with zero attached hydrogens (tertiary/aromatic N) is 2. The number of carbonyl (C=O) groups excluding carboxylic acids is 1. The zero-order chi connectivity index (χ0) is 13.1. The van der Waals surface area contributed by atoms with Crippen molar-refractivity contribution in [3.63, 3.8) is 0 Å². The van der Waals surface area contributed by atoms with Gasteiger partial charge in [0, 0.05) is 24.9 Å². The molecule has 2 rings (SSSR count). The second-order valence-electron chi connectivity index (χ2n) is 5.62. The molecule has 102 valence electrons. The molecule has 5 heteroatoms. The Bertz CT molecular complexity index is 339. The number of amidine groups is 1. The molecule has 2 saturated carbocycles. The summed E-state index contributed by atoms with van der Waals surface area (Å²) >= 11 is 0. The average molecular weight is 253 g/mol. The molecule has 1 amide bonds. The summed E-state index contributed by atoms with van der Waals surface area (Å²) in [5.41, 5.74) is 5.48. The van der Waals surface area contributed by atoms with Crippen LogP contribution in [0.5, 0.6) is 0 Å². The molecule has 2 aliphatic carbocycles. The molecular weight excluding hydrogens is 230 g/mol. The molecule has 0 spiro atoms. The van der Waals surface area contributed by atoms with Crippen molar-refractivity contribution in [1.82, 2.24) is 4.90 Å². The van der Waals surface area contributed by atoms with E-state index in [0.29, 0.717) is 24.9 Å². The van der Waals surface area contributed by atoms with E-state index in [1.54, 1.807) is 0 Å². The third-order valence-corrected chi connectivity index (χ3v) is 4.19. The maximum Gasteiger partial charge on any atom is 0.226 e. The van der Waals surface area contributed by atoms with Gasteiger partial charge in [-0.1, -0.05) is 18.5 Å². The highest BCUT2D eigenvalue weighted by molar-refractivity contribution is 5.82. The Morgan fingerprint density at radius 1 is 1.39 bits per heavy atom. The van der Waals surface area contributed by atoms with Gasteiger partial charge in [-0.15, -0.1) is 0 Å². The predicted octanol–water partition coefficient (Wildman–Crippen LogP) is 1.55. The first-order chi connectivity index (χ1) is 8.63. The van der Waals surface area contributed by atoms with Crippen LogP contribution >= 0.6 is 0 Å². The Hall–Kier alpha value is -1.26. The third-order valence-electron chi connectivity index (χ3n) is 4.19. The second-order valence-corrected chi connectivity index (χ2v) is 5.62. The molecule has 2 unspecified atom stereocenters. The minimum absolute atomic E-state index is 0.192. The van der Waals surface area contributed by atoms with Gasteiger partial charge < -0.3 is 15.8 Å². The van der Waals surface area contributed by atoms with Gasteiger partial charge in [-0.3, -0.25) is 4.79 Å². The molecule has 2 aliphatic rings. The van der Waals surface area contributed by atoms with Crippen LogP contribution in [0, 0.1) is 11.8 Å². The Balaban J connectivity index is 1.94. The minimum Gasteiger partial charge on any atom is -0.409 e. The molecule has 0 bridgehead atoms. The first-order valence-electron chi connectivity index (χ1n) is 6.90. The van der Waals surface area contributed by atoms with Crippen molar-refractivity contribution >= 4 is 11.7 Å². The zero-order valence-electron chi connectivity index (χ0n) is 11.0. The zero-order valence-corrected chi connectivity index (χ0v) is 11.0. The molecule has 0 aromatic rings. The van der Waals surface area contributed by atoms with E-state index in [1.165, 1.54) is 0 Å². The number of rotatable bonds is 5. The average Bonchev–Trinajstić information content (AvgIpc) is 3.10. The fourth-order valence-electron chi connectivity index (χ4n) is 2.87. The lowest BCUT2D eigenvalue weighted by molar-refractivity contribution is -0.137. The number of carbonyl (C=O) groups is 1. The Morgan fingerprint density at radius 2 is 2.11 bits per heavy atom. The largest absolute Gasteiger partial charge is 0.409 e. The van der Waals surface area contributed by atoms with Gasteiger partial charge in [0.15, 0.2) is 0 Å². The third kappa shape index (κ3) is 2.94. The van der Waals surface area contributed by atoms with Crippen molar-refractivity contribution in [3.8, 4) is 0 Å². The molecule has 0 heterocycles. The van der Waals surface area contributed by atoms with Crippen molar-refractivity contribution in [3.05, 3.63) is 0 Å². The van der Waals surface area contributed by atoms with Crippen LogP contribution in [0.25, 0.3) is 0 Å². The number of hydrogen-bond acceptors (Lipinski definition) is 3. The van der Waals surface area contributed by atoms with E-state index < -0.39 is 0 Å². The summed E-state index contributed by atoms with van der Waals surface area (Å²) in [5.74, 6) is 1.18. The van der Waals surface area contributed by atoms with E-state index in [-0.39, 0.29) is 17.7 Å². The molecule has 0 saturated heterocycles. The molecule has 0 radical (unpaired) electrons. The summed E-state index contributed by atoms with van der Waals surface area (Å²) in [6.07, 6.45) is 6.00. The van der Waals surface area contributed by atoms with Crippen LogP contribution in [0.3, 0.4) is 0 Å². The molecule has 3 N–H and O–H groups in total. The molecular formula is C13H23N3O2. The second kappa shape index (κ2) is 5.59. The highest BCUT2D eigenvalue weighted by Crippen LogP contribution is 2.36. The Morgan fingerprint density at radius 3 is 2.61 bits per heavy atom. The molecule has 5 nitrogen and oxygen atoms in total. The van der Waals surface area contributed by atoms with Gasteiger partial charge in [-0.25, -0.2) is 0 Å². The van der Waals surface area contributed by atoms with E-state index in [4.69, 9.17) is 10.9 Å². The van der Waals surface area contributed by atoms with Crippen LogP contribution in [-0.2, 0) is 4.79 Å². The normalized spacial score (nSPS) is 28.4. The standard InChI is InChI=1S/C13H23N3O2/c1-9-3-2-4-11(9)13(17)16(10-5-6-10)8-7-12(14)15-18/h9-11,18H,2-8H2,1H3,(H2,14,15). The number of nitrogens with two attached hydrogens (primary N) is 1. The summed E-state index contributed by atoms with van der Waals surface area (Å²) in [5, 5.41) is 11.5. The summed E-state index contributed by atoms with van der Waals surface area (Å²) in [4.78, 5) is 14.5. The van der Waals surface area contributed by atoms with E-state index in [0.717, 1.165) is 32.1 Å². The van der Waals surface area contributed by atoms with E-state index in [9.17, 15) is 4.79 Å². The lowest BCUT2D eigenvalue weighted by Crippen LogP contribution is -2.40. The quantitative estimate of drug-likeness (QED) is 0.338. The SMILES string of the molecule is CC1CCCC1C(=O)N(CCC(N)=NO)C1CC1. The Kier molecular flexibility index (Phi) is 4.09. The molecule has 0 aromatic carbocycles.